The minimum absolute atomic E-state index is 0.00690. The Labute approximate surface area is 733 Å². The van der Waals surface area contributed by atoms with Crippen molar-refractivity contribution in [2.24, 2.45) is 21.6 Å². The maximum atomic E-state index is 14.2. The van der Waals surface area contributed by atoms with Crippen molar-refractivity contribution in [1.29, 1.82) is 0 Å². The van der Waals surface area contributed by atoms with E-state index in [1.54, 1.807) is 14.7 Å². The molecule has 9 amide bonds. The summed E-state index contributed by atoms with van der Waals surface area (Å²) in [6, 6.07) is 20.1. The van der Waals surface area contributed by atoms with E-state index >= 15 is 0 Å². The molecule has 0 fully saturated rings. The molecule has 0 radical (unpaired) electrons. The van der Waals surface area contributed by atoms with Crippen LogP contribution < -0.4 is 58.7 Å². The second kappa shape index (κ2) is 61.5. The first-order valence-electron chi connectivity index (χ1n) is 42.4. The van der Waals surface area contributed by atoms with Crippen LogP contribution in [-0.4, -0.2) is 294 Å². The number of aliphatic carboxylic acids is 3. The largest absolute Gasteiger partial charge is 0.480 e. The van der Waals surface area contributed by atoms with Crippen molar-refractivity contribution < 1.29 is 106 Å². The standard InChI is InChI=1S/C82H129IN17O22P/c1-2-96(44-45-98(60-78(111)112)47-46-97(43-35-84)59-77(109)110)58-75(107)90-40-16-42-100-80-64-19-6-5-18-62(64)57-99(68-22-8-7-20-65(68)79(80)94-95-100)76(108)33-32-73(105)91-41-50-119-52-54-121-56-55-120-53-51-118-49-34-74(106)92-66(81(113)93-67(82(114)115)21-9-11-37-86-70(102)24-14-17-61-26-28-63(83)29-27-61)30-31-72(104)88-36-10-3-4-23-69(101)89-39-15-25-71(103)87-38-12-13-48-122-123(85,116)117/h5-8,18-20,22,26-29,66-67,79-80H,2-4,9-17,21,23-25,30-60,84H2,1H3,(H,86,102)(H,87,103)(H,88,104)(H,89,101)(H,90,107)(H,91,105)(H,92,106)(H,93,113)(H,109,110)(H,111,112)(H,114,115)(H3,85,116,117). The van der Waals surface area contributed by atoms with Crippen molar-refractivity contribution in [3.05, 3.63) is 98.6 Å². The summed E-state index contributed by atoms with van der Waals surface area (Å²) in [6.45, 7) is 8.02. The molecule has 0 aromatic heterocycles. The number of carbonyl (C=O) groups is 12. The number of carboxylic acid groups (broad SMARTS) is 3. The van der Waals surface area contributed by atoms with Crippen LogP contribution in [0.25, 0.3) is 0 Å². The number of anilines is 1. The van der Waals surface area contributed by atoms with Gasteiger partial charge in [-0.15, -0.1) is 0 Å². The molecule has 2 heterocycles. The predicted molar refractivity (Wildman–Crippen MR) is 464 cm³/mol. The summed E-state index contributed by atoms with van der Waals surface area (Å²) >= 11 is 2.23. The average Bonchev–Trinajstić information content (AvgIpc) is 1.63. The van der Waals surface area contributed by atoms with Gasteiger partial charge in [0.15, 0.2) is 0 Å². The van der Waals surface area contributed by atoms with E-state index in [9.17, 15) is 77.4 Å². The summed E-state index contributed by atoms with van der Waals surface area (Å²) in [5.41, 5.74) is 15.0. The van der Waals surface area contributed by atoms with Crippen LogP contribution >= 0.6 is 30.3 Å². The van der Waals surface area contributed by atoms with E-state index in [0.29, 0.717) is 148 Å². The Morgan fingerprint density at radius 2 is 1.04 bits per heavy atom. The highest BCUT2D eigenvalue weighted by atomic mass is 127. The number of para-hydroxylation sites is 1. The zero-order valence-corrected chi connectivity index (χ0v) is 73.8. The second-order valence-corrected chi connectivity index (χ2v) is 32.3. The molecule has 0 spiro atoms. The van der Waals surface area contributed by atoms with Gasteiger partial charge in [0.05, 0.1) is 85.6 Å². The highest BCUT2D eigenvalue weighted by Crippen LogP contribution is 2.48. The molecule has 39 nitrogen and oxygen atoms in total. The van der Waals surface area contributed by atoms with Gasteiger partial charge in [-0.2, -0.15) is 5.11 Å². The Kier molecular flexibility index (Phi) is 52.4. The zero-order chi connectivity index (χ0) is 89.4. The molecule has 41 heteroatoms. The number of benzene rings is 3. The summed E-state index contributed by atoms with van der Waals surface area (Å²) in [4.78, 5) is 169. The van der Waals surface area contributed by atoms with Crippen LogP contribution in [0.15, 0.2) is 83.1 Å². The number of fused-ring (bicyclic) bond motifs is 5. The number of rotatable bonds is 69. The molecule has 3 aromatic carbocycles. The third-order valence-corrected chi connectivity index (χ3v) is 21.2. The Hall–Kier alpha value is -8.78. The SMILES string of the molecule is CCN(CCN(CCN(CCN)CC(=O)O)CC(=O)O)CC(=O)NCCCN1N=NC2c3ccccc3N(C(=O)CCC(=O)NCCOCCOCCOCCOCCC(=O)NC(CCC(=O)NCCCCCC(=O)NCCCC(=O)NCCCCOP(N)(=O)O)C(=O)NC(CCCCNC(=O)CCCc3ccc(I)cc3)C(=O)O)Cc3ccccc3C21. The fourth-order valence-corrected chi connectivity index (χ4v) is 14.2. The molecular formula is C82H129IN17O22P. The quantitative estimate of drug-likeness (QED) is 0.0219. The molecule has 3 aromatic rings. The van der Waals surface area contributed by atoms with E-state index in [0.717, 1.165) is 32.2 Å². The molecule has 5 atom stereocenters. The molecule has 123 heavy (non-hydrogen) atoms. The number of carboxylic acids is 3. The summed E-state index contributed by atoms with van der Waals surface area (Å²) in [5.74, 6) is -6.35. The Morgan fingerprint density at radius 3 is 1.67 bits per heavy atom. The number of hydrogen-bond acceptors (Lipinski definition) is 25. The molecular weight excluding hydrogens is 1730 g/mol. The smallest absolute Gasteiger partial charge is 0.400 e. The molecule has 5 rings (SSSR count). The third kappa shape index (κ3) is 46.1. The number of hydrogen-bond donors (Lipinski definition) is 14. The number of amides is 9. The molecule has 0 bridgehead atoms. The summed E-state index contributed by atoms with van der Waals surface area (Å²) in [7, 11) is -4.03. The van der Waals surface area contributed by atoms with E-state index in [1.165, 1.54) is 0 Å². The van der Waals surface area contributed by atoms with Crippen LogP contribution in [0.5, 0.6) is 0 Å². The van der Waals surface area contributed by atoms with E-state index < -0.39 is 61.5 Å². The van der Waals surface area contributed by atoms with Crippen molar-refractivity contribution in [3.63, 3.8) is 0 Å². The molecule has 0 saturated carbocycles. The number of likely N-dealkylation sites (N-methyl/N-ethyl adjacent to an activating group) is 1. The van der Waals surface area contributed by atoms with Crippen molar-refractivity contribution in [2.45, 2.75) is 166 Å². The maximum Gasteiger partial charge on any atom is 0.400 e. The predicted octanol–water partition coefficient (Wildman–Crippen LogP) is 3.20. The number of ether oxygens (including phenoxy) is 4. The molecule has 2 aliphatic rings. The second-order valence-electron chi connectivity index (χ2n) is 29.7. The summed E-state index contributed by atoms with van der Waals surface area (Å²) in [5, 5.41) is 62.4. The normalized spacial score (nSPS) is 14.4. The number of nitrogens with zero attached hydrogens (tertiary/aromatic N) is 7. The topological polar surface area (TPSA) is 538 Å². The van der Waals surface area contributed by atoms with Crippen LogP contribution in [0, 0.1) is 3.57 Å². The Balaban J connectivity index is 0.947. The van der Waals surface area contributed by atoms with Crippen LogP contribution in [0.3, 0.4) is 0 Å². The number of unbranched alkanes of at least 4 members (excludes halogenated alkanes) is 4. The highest BCUT2D eigenvalue weighted by Gasteiger charge is 2.41. The minimum atomic E-state index is -4.03. The van der Waals surface area contributed by atoms with Crippen LogP contribution in [0.1, 0.15) is 163 Å². The number of aryl methyl sites for hydroxylation is 1. The number of carbonyl (C=O) groups excluding carboxylic acids is 9. The van der Waals surface area contributed by atoms with Gasteiger partial charge in [0.25, 0.3) is 0 Å². The zero-order valence-electron chi connectivity index (χ0n) is 70.7. The molecule has 5 unspecified atom stereocenters. The lowest BCUT2D eigenvalue weighted by atomic mass is 9.87. The van der Waals surface area contributed by atoms with Gasteiger partial charge >= 0.3 is 25.7 Å². The highest BCUT2D eigenvalue weighted by molar-refractivity contribution is 14.1. The van der Waals surface area contributed by atoms with E-state index in [4.69, 9.17) is 40.2 Å². The lowest BCUT2D eigenvalue weighted by Gasteiger charge is -2.35. The van der Waals surface area contributed by atoms with E-state index in [-0.39, 0.29) is 198 Å². The Bertz CT molecular complexity index is 3820. The fraction of sp³-hybridized carbons (Fsp3) is 0.634. The van der Waals surface area contributed by atoms with Crippen LogP contribution in [-0.2, 0) is 98.5 Å². The summed E-state index contributed by atoms with van der Waals surface area (Å²) < 4.78 is 39.1. The number of nitrogens with two attached hydrogens (primary N) is 2. The van der Waals surface area contributed by atoms with E-state index in [1.807, 2.05) is 89.6 Å². The molecule has 686 valence electrons. The molecule has 2 aliphatic heterocycles. The van der Waals surface area contributed by atoms with Gasteiger partial charge in [-0.3, -0.25) is 77.0 Å². The molecule has 16 N–H and O–H groups in total. The van der Waals surface area contributed by atoms with Gasteiger partial charge in [-0.1, -0.05) is 73.2 Å². The van der Waals surface area contributed by atoms with Gasteiger partial charge < -0.3 is 92.3 Å². The monoisotopic (exact) mass is 1860 g/mol. The van der Waals surface area contributed by atoms with Gasteiger partial charge in [0, 0.05) is 145 Å². The lowest BCUT2D eigenvalue weighted by Crippen LogP contribution is -2.52. The van der Waals surface area contributed by atoms with Crippen LogP contribution in [0.4, 0.5) is 5.69 Å². The number of nitrogens with one attached hydrogen (secondary N) is 8. The van der Waals surface area contributed by atoms with Gasteiger partial charge in [0.1, 0.15) is 24.2 Å². The third-order valence-electron chi connectivity index (χ3n) is 19.9. The van der Waals surface area contributed by atoms with Crippen molar-refractivity contribution in [2.75, 3.05) is 176 Å². The molecule has 0 aliphatic carbocycles. The first-order chi connectivity index (χ1) is 59.2. The first kappa shape index (κ1) is 105. The first-order valence-corrected chi connectivity index (χ1v) is 45.1. The summed E-state index contributed by atoms with van der Waals surface area (Å²) in [6.07, 6.45) is 6.03. The van der Waals surface area contributed by atoms with Crippen molar-refractivity contribution in [3.8, 4) is 0 Å². The van der Waals surface area contributed by atoms with Crippen molar-refractivity contribution in [1.82, 2.24) is 62.2 Å². The number of halogens is 1. The van der Waals surface area contributed by atoms with Gasteiger partial charge in [-0.05, 0) is 141 Å². The van der Waals surface area contributed by atoms with Gasteiger partial charge in [-0.25, -0.2) is 14.9 Å². The maximum absolute atomic E-state index is 14.2. The molecule has 0 saturated heterocycles. The van der Waals surface area contributed by atoms with Gasteiger partial charge in [0.2, 0.25) is 53.2 Å². The minimum Gasteiger partial charge on any atom is -0.480 e. The fourth-order valence-electron chi connectivity index (χ4n) is 13.4. The van der Waals surface area contributed by atoms with E-state index in [2.05, 4.69) is 74.9 Å². The van der Waals surface area contributed by atoms with Crippen LogP contribution in [0.2, 0.25) is 0 Å². The Morgan fingerprint density at radius 1 is 0.512 bits per heavy atom. The lowest BCUT2D eigenvalue weighted by molar-refractivity contribution is -0.142. The average molecular weight is 1860 g/mol. The van der Waals surface area contributed by atoms with Crippen molar-refractivity contribution >= 4 is 107 Å².